The summed E-state index contributed by atoms with van der Waals surface area (Å²) in [7, 11) is 0. The van der Waals surface area contributed by atoms with E-state index in [-0.39, 0.29) is 23.5 Å². The summed E-state index contributed by atoms with van der Waals surface area (Å²) in [5, 5.41) is 0.656. The molecule has 0 spiro atoms. The van der Waals surface area contributed by atoms with Crippen LogP contribution in [0.2, 0.25) is 5.02 Å². The molecule has 2 rings (SSSR count). The highest BCUT2D eigenvalue weighted by Gasteiger charge is 2.19. The number of benzene rings is 2. The third-order valence-electron chi connectivity index (χ3n) is 3.60. The molecule has 2 aromatic carbocycles. The topological polar surface area (TPSA) is 58.2 Å². The van der Waals surface area contributed by atoms with E-state index in [4.69, 9.17) is 11.6 Å². The Hall–Kier alpha value is -1.98. The third-order valence-corrected chi connectivity index (χ3v) is 4.87. The van der Waals surface area contributed by atoms with Crippen LogP contribution in [0.3, 0.4) is 0 Å². The Balaban J connectivity index is 1.82. The van der Waals surface area contributed by atoms with E-state index in [2.05, 4.69) is 10.9 Å². The van der Waals surface area contributed by atoms with Crippen molar-refractivity contribution in [2.45, 2.75) is 30.6 Å². The Morgan fingerprint density at radius 2 is 1.72 bits per heavy atom. The van der Waals surface area contributed by atoms with Crippen LogP contribution >= 0.6 is 23.4 Å². The van der Waals surface area contributed by atoms with Gasteiger partial charge < -0.3 is 0 Å². The van der Waals surface area contributed by atoms with E-state index in [1.54, 1.807) is 12.1 Å². The molecule has 1 atom stereocenters. The van der Waals surface area contributed by atoms with Gasteiger partial charge in [0.05, 0.1) is 11.7 Å². The molecule has 0 aliphatic carbocycles. The summed E-state index contributed by atoms with van der Waals surface area (Å²) in [5.41, 5.74) is 5.98. The molecule has 0 bridgehead atoms. The highest BCUT2D eigenvalue weighted by atomic mass is 35.5. The van der Waals surface area contributed by atoms with Crippen molar-refractivity contribution in [1.29, 1.82) is 0 Å². The summed E-state index contributed by atoms with van der Waals surface area (Å²) >= 11 is 7.21. The summed E-state index contributed by atoms with van der Waals surface area (Å²) in [5.74, 6) is -0.504. The average Bonchev–Trinajstić information content (AvgIpc) is 2.64. The Morgan fingerprint density at radius 3 is 2.36 bits per heavy atom. The van der Waals surface area contributed by atoms with Crippen LogP contribution in [-0.4, -0.2) is 17.6 Å². The minimum Gasteiger partial charge on any atom is -0.273 e. The van der Waals surface area contributed by atoms with Crippen molar-refractivity contribution in [2.75, 3.05) is 5.75 Å². The van der Waals surface area contributed by atoms with Crippen LogP contribution in [0.4, 0.5) is 0 Å². The van der Waals surface area contributed by atoms with Crippen molar-refractivity contribution in [3.8, 4) is 0 Å². The highest BCUT2D eigenvalue weighted by molar-refractivity contribution is 8.00. The molecule has 2 N–H and O–H groups in total. The van der Waals surface area contributed by atoms with Crippen molar-refractivity contribution < 1.29 is 9.59 Å². The second kappa shape index (κ2) is 10.1. The zero-order valence-electron chi connectivity index (χ0n) is 14.0. The Labute approximate surface area is 157 Å². The van der Waals surface area contributed by atoms with Crippen molar-refractivity contribution in [1.82, 2.24) is 10.9 Å². The summed E-state index contributed by atoms with van der Waals surface area (Å²) in [6, 6.07) is 16.9. The van der Waals surface area contributed by atoms with Crippen LogP contribution in [0.5, 0.6) is 0 Å². The fourth-order valence-electron chi connectivity index (χ4n) is 2.36. The van der Waals surface area contributed by atoms with Gasteiger partial charge in [-0.05, 0) is 36.2 Å². The largest absolute Gasteiger partial charge is 0.273 e. The first-order valence-electron chi connectivity index (χ1n) is 8.12. The first-order chi connectivity index (χ1) is 12.1. The first kappa shape index (κ1) is 19.3. The summed E-state index contributed by atoms with van der Waals surface area (Å²) in [4.78, 5) is 25.3. The zero-order valence-corrected chi connectivity index (χ0v) is 15.6. The Morgan fingerprint density at radius 1 is 1.04 bits per heavy atom. The van der Waals surface area contributed by atoms with E-state index >= 15 is 0 Å². The van der Waals surface area contributed by atoms with Crippen LogP contribution in [-0.2, 0) is 9.59 Å². The van der Waals surface area contributed by atoms with Crippen LogP contribution in [0.15, 0.2) is 59.5 Å². The highest BCUT2D eigenvalue weighted by Crippen LogP contribution is 2.21. The molecule has 25 heavy (non-hydrogen) atoms. The second-order valence-electron chi connectivity index (χ2n) is 5.53. The molecule has 0 aliphatic rings. The number of hydrazine groups is 1. The molecular weight excluding hydrogens is 356 g/mol. The fraction of sp³-hybridized carbons (Fsp3) is 0.263. The molecule has 0 heterocycles. The van der Waals surface area contributed by atoms with Gasteiger partial charge in [0.15, 0.2) is 0 Å². The Kier molecular flexibility index (Phi) is 7.82. The van der Waals surface area contributed by atoms with E-state index in [9.17, 15) is 9.59 Å². The quantitative estimate of drug-likeness (QED) is 0.563. The summed E-state index contributed by atoms with van der Waals surface area (Å²) in [6.45, 7) is 2.03. The molecule has 1 unspecified atom stereocenters. The van der Waals surface area contributed by atoms with Gasteiger partial charge in [0.25, 0.3) is 0 Å². The number of thioether (sulfide) groups is 1. The van der Waals surface area contributed by atoms with Gasteiger partial charge in [-0.2, -0.15) is 0 Å². The normalized spacial score (nSPS) is 11.6. The number of halogens is 1. The molecule has 0 fully saturated rings. The molecule has 0 radical (unpaired) electrons. The van der Waals surface area contributed by atoms with Crippen molar-refractivity contribution in [3.05, 3.63) is 65.2 Å². The smallest absolute Gasteiger partial charge is 0.248 e. The average molecular weight is 377 g/mol. The SMILES string of the molecule is CCCC(C(=O)NNC(=O)CSc1ccc(Cl)cc1)c1ccccc1. The van der Waals surface area contributed by atoms with E-state index in [0.717, 1.165) is 23.3 Å². The maximum absolute atomic E-state index is 12.4. The van der Waals surface area contributed by atoms with E-state index < -0.39 is 0 Å². The van der Waals surface area contributed by atoms with E-state index in [1.807, 2.05) is 49.4 Å². The number of amides is 2. The van der Waals surface area contributed by atoms with Gasteiger partial charge in [-0.3, -0.25) is 20.4 Å². The molecule has 6 heteroatoms. The Bertz CT molecular complexity index is 692. The van der Waals surface area contributed by atoms with E-state index in [0.29, 0.717) is 5.02 Å². The predicted octanol–water partition coefficient (Wildman–Crippen LogP) is 4.16. The molecule has 132 valence electrons. The second-order valence-corrected chi connectivity index (χ2v) is 7.02. The van der Waals surface area contributed by atoms with Crippen LogP contribution < -0.4 is 10.9 Å². The van der Waals surface area contributed by atoms with Gasteiger partial charge in [-0.15, -0.1) is 11.8 Å². The summed E-state index contributed by atoms with van der Waals surface area (Å²) in [6.07, 6.45) is 1.61. The standard InChI is InChI=1S/C19H21ClN2O2S/c1-2-6-17(14-7-4-3-5-8-14)19(24)22-21-18(23)13-25-16-11-9-15(20)10-12-16/h3-5,7-12,17H,2,6,13H2,1H3,(H,21,23)(H,22,24). The molecule has 2 amide bonds. The number of carbonyl (C=O) groups is 2. The molecule has 0 aromatic heterocycles. The minimum atomic E-state index is -0.268. The van der Waals surface area contributed by atoms with Gasteiger partial charge in [0.2, 0.25) is 11.8 Å². The summed E-state index contributed by atoms with van der Waals surface area (Å²) < 4.78 is 0. The van der Waals surface area contributed by atoms with Gasteiger partial charge in [0, 0.05) is 9.92 Å². The van der Waals surface area contributed by atoms with Crippen molar-refractivity contribution in [3.63, 3.8) is 0 Å². The monoisotopic (exact) mass is 376 g/mol. The fourth-order valence-corrected chi connectivity index (χ4v) is 3.18. The van der Waals surface area contributed by atoms with Gasteiger partial charge >= 0.3 is 0 Å². The number of hydrogen-bond donors (Lipinski definition) is 2. The lowest BCUT2D eigenvalue weighted by molar-refractivity contribution is -0.128. The predicted molar refractivity (Wildman–Crippen MR) is 103 cm³/mol. The van der Waals surface area contributed by atoms with Gasteiger partial charge in [-0.25, -0.2) is 0 Å². The molecule has 0 saturated carbocycles. The van der Waals surface area contributed by atoms with Gasteiger partial charge in [0.1, 0.15) is 0 Å². The van der Waals surface area contributed by atoms with Crippen LogP contribution in [0, 0.1) is 0 Å². The number of rotatable bonds is 7. The van der Waals surface area contributed by atoms with Crippen LogP contribution in [0.25, 0.3) is 0 Å². The first-order valence-corrected chi connectivity index (χ1v) is 9.48. The number of hydrogen-bond acceptors (Lipinski definition) is 3. The van der Waals surface area contributed by atoms with Crippen molar-refractivity contribution in [2.24, 2.45) is 0 Å². The molecule has 2 aromatic rings. The lowest BCUT2D eigenvalue weighted by Crippen LogP contribution is -2.44. The molecular formula is C19H21ClN2O2S. The molecule has 0 saturated heterocycles. The van der Waals surface area contributed by atoms with Crippen LogP contribution in [0.1, 0.15) is 31.2 Å². The third kappa shape index (κ3) is 6.44. The number of carbonyl (C=O) groups excluding carboxylic acids is 2. The van der Waals surface area contributed by atoms with Gasteiger partial charge in [-0.1, -0.05) is 55.3 Å². The molecule has 0 aliphatic heterocycles. The lowest BCUT2D eigenvalue weighted by atomic mass is 9.94. The van der Waals surface area contributed by atoms with E-state index in [1.165, 1.54) is 11.8 Å². The van der Waals surface area contributed by atoms with Crippen molar-refractivity contribution >= 4 is 35.2 Å². The minimum absolute atomic E-state index is 0.196. The lowest BCUT2D eigenvalue weighted by Gasteiger charge is -2.17. The number of nitrogens with one attached hydrogen (secondary N) is 2. The molecule has 4 nitrogen and oxygen atoms in total. The maximum Gasteiger partial charge on any atom is 0.248 e. The zero-order chi connectivity index (χ0) is 18.1. The maximum atomic E-state index is 12.4.